The molecule has 106 valence electrons. The van der Waals surface area contributed by atoms with E-state index in [1.807, 2.05) is 11.8 Å². The molecule has 0 bridgehead atoms. The van der Waals surface area contributed by atoms with Crippen LogP contribution in [0.2, 0.25) is 0 Å². The van der Waals surface area contributed by atoms with E-state index in [1.54, 1.807) is 0 Å². The van der Waals surface area contributed by atoms with Crippen LogP contribution in [0.15, 0.2) is 0 Å². The first-order valence-electron chi connectivity index (χ1n) is 6.65. The zero-order valence-electron chi connectivity index (χ0n) is 11.6. The fourth-order valence-electron chi connectivity index (χ4n) is 2.94. The van der Waals surface area contributed by atoms with Gasteiger partial charge in [-0.3, -0.25) is 4.79 Å². The van der Waals surface area contributed by atoms with E-state index in [4.69, 9.17) is 4.74 Å². The minimum Gasteiger partial charge on any atom is -0.369 e. The van der Waals surface area contributed by atoms with E-state index in [0.717, 1.165) is 32.5 Å². The van der Waals surface area contributed by atoms with Gasteiger partial charge in [-0.2, -0.15) is 0 Å². The molecule has 0 aliphatic carbocycles. The second-order valence-electron chi connectivity index (χ2n) is 5.95. The Kier molecular flexibility index (Phi) is 5.44. The number of nitrogens with zero attached hydrogens (tertiary/aromatic N) is 1. The van der Waals surface area contributed by atoms with Crippen LogP contribution in [0.3, 0.4) is 0 Å². The number of morpholine rings is 1. The third kappa shape index (κ3) is 3.84. The predicted octanol–water partition coefficient (Wildman–Crippen LogP) is 1.43. The molecular weight excluding hydrogens is 252 g/mol. The van der Waals surface area contributed by atoms with E-state index in [9.17, 15) is 4.79 Å². The van der Waals surface area contributed by atoms with Gasteiger partial charge in [-0.25, -0.2) is 0 Å². The fourth-order valence-corrected chi connectivity index (χ4v) is 2.94. The number of rotatable bonds is 1. The molecule has 2 aliphatic heterocycles. The highest BCUT2D eigenvalue weighted by molar-refractivity contribution is 5.85. The molecule has 0 aromatic rings. The smallest absolute Gasteiger partial charge is 0.227 e. The van der Waals surface area contributed by atoms with E-state index in [-0.39, 0.29) is 30.0 Å². The van der Waals surface area contributed by atoms with Crippen LogP contribution in [0, 0.1) is 5.92 Å². The Labute approximate surface area is 116 Å². The molecule has 2 heterocycles. The molecule has 4 nitrogen and oxygen atoms in total. The van der Waals surface area contributed by atoms with Crippen molar-refractivity contribution in [1.29, 1.82) is 0 Å². The lowest BCUT2D eigenvalue weighted by molar-refractivity contribution is -0.162. The molecule has 0 radical (unpaired) electrons. The molecule has 1 amide bonds. The highest BCUT2D eigenvalue weighted by Gasteiger charge is 2.36. The molecule has 2 rings (SSSR count). The van der Waals surface area contributed by atoms with Crippen LogP contribution in [0.1, 0.15) is 33.6 Å². The number of piperidine rings is 1. The van der Waals surface area contributed by atoms with E-state index >= 15 is 0 Å². The minimum absolute atomic E-state index is 0. The average molecular weight is 277 g/mol. The Hall–Kier alpha value is -0.320. The van der Waals surface area contributed by atoms with Crippen molar-refractivity contribution in [3.8, 4) is 0 Å². The molecule has 2 aliphatic rings. The number of ether oxygens (including phenoxy) is 1. The molecule has 0 saturated carbocycles. The summed E-state index contributed by atoms with van der Waals surface area (Å²) in [6.07, 6.45) is 2.27. The summed E-state index contributed by atoms with van der Waals surface area (Å²) in [5.74, 6) is 0.477. The lowest BCUT2D eigenvalue weighted by Crippen LogP contribution is -2.56. The van der Waals surface area contributed by atoms with Gasteiger partial charge in [-0.15, -0.1) is 12.4 Å². The highest BCUT2D eigenvalue weighted by atomic mass is 35.5. The summed E-state index contributed by atoms with van der Waals surface area (Å²) in [5.41, 5.74) is -0.213. The van der Waals surface area contributed by atoms with Crippen LogP contribution < -0.4 is 5.32 Å². The zero-order valence-corrected chi connectivity index (χ0v) is 12.4. The number of amides is 1. The monoisotopic (exact) mass is 276 g/mol. The molecular formula is C13H25ClN2O2. The largest absolute Gasteiger partial charge is 0.369 e. The number of carbonyl (C=O) groups is 1. The van der Waals surface area contributed by atoms with Crippen LogP contribution in [0.25, 0.3) is 0 Å². The van der Waals surface area contributed by atoms with Gasteiger partial charge in [-0.05, 0) is 40.2 Å². The molecule has 5 heteroatoms. The van der Waals surface area contributed by atoms with Crippen molar-refractivity contribution in [1.82, 2.24) is 10.2 Å². The van der Waals surface area contributed by atoms with Crippen LogP contribution in [0.4, 0.5) is 0 Å². The number of nitrogens with one attached hydrogen (secondary N) is 1. The molecule has 2 atom stereocenters. The minimum atomic E-state index is -0.213. The van der Waals surface area contributed by atoms with E-state index in [2.05, 4.69) is 19.2 Å². The maximum atomic E-state index is 12.4. The van der Waals surface area contributed by atoms with Crippen molar-refractivity contribution in [2.45, 2.75) is 45.3 Å². The standard InChI is InChI=1S/C13H24N2O2.ClH/c1-10-8-15(9-13(2,3)17-10)12(16)11-5-4-6-14-7-11;/h10-11,14H,4-9H2,1-3H3;1H. The maximum Gasteiger partial charge on any atom is 0.227 e. The number of hydrogen-bond donors (Lipinski definition) is 1. The Morgan fingerprint density at radius 2 is 2.17 bits per heavy atom. The van der Waals surface area contributed by atoms with Gasteiger partial charge in [0.05, 0.1) is 17.6 Å². The van der Waals surface area contributed by atoms with Crippen molar-refractivity contribution >= 4 is 18.3 Å². The fraction of sp³-hybridized carbons (Fsp3) is 0.923. The molecule has 0 aromatic heterocycles. The van der Waals surface area contributed by atoms with Gasteiger partial charge in [0.2, 0.25) is 5.91 Å². The van der Waals surface area contributed by atoms with Gasteiger partial charge in [0.25, 0.3) is 0 Å². The van der Waals surface area contributed by atoms with Gasteiger partial charge in [0.1, 0.15) is 0 Å². The van der Waals surface area contributed by atoms with Crippen molar-refractivity contribution in [2.75, 3.05) is 26.2 Å². The Balaban J connectivity index is 0.00000162. The van der Waals surface area contributed by atoms with Crippen molar-refractivity contribution in [3.63, 3.8) is 0 Å². The van der Waals surface area contributed by atoms with Gasteiger partial charge in [0, 0.05) is 19.6 Å². The lowest BCUT2D eigenvalue weighted by Gasteiger charge is -2.43. The first-order chi connectivity index (χ1) is 7.98. The molecule has 2 saturated heterocycles. The van der Waals surface area contributed by atoms with Crippen LogP contribution in [-0.2, 0) is 9.53 Å². The van der Waals surface area contributed by atoms with E-state index in [0.29, 0.717) is 12.5 Å². The SMILES string of the molecule is CC1CN(C(=O)C2CCCNC2)CC(C)(C)O1.Cl. The summed E-state index contributed by atoms with van der Waals surface area (Å²) in [7, 11) is 0. The van der Waals surface area contributed by atoms with Crippen molar-refractivity contribution < 1.29 is 9.53 Å². The average Bonchev–Trinajstić information content (AvgIpc) is 2.26. The molecule has 2 fully saturated rings. The summed E-state index contributed by atoms with van der Waals surface area (Å²) in [5, 5.41) is 3.31. The molecule has 0 spiro atoms. The van der Waals surface area contributed by atoms with E-state index in [1.165, 1.54) is 0 Å². The van der Waals surface area contributed by atoms with Gasteiger partial charge < -0.3 is 15.0 Å². The predicted molar refractivity (Wildman–Crippen MR) is 74.0 cm³/mol. The first-order valence-corrected chi connectivity index (χ1v) is 6.65. The normalized spacial score (nSPS) is 31.6. The number of hydrogen-bond acceptors (Lipinski definition) is 3. The Morgan fingerprint density at radius 3 is 2.72 bits per heavy atom. The lowest BCUT2D eigenvalue weighted by atomic mass is 9.96. The van der Waals surface area contributed by atoms with Gasteiger partial charge in [-0.1, -0.05) is 0 Å². The van der Waals surface area contributed by atoms with Crippen molar-refractivity contribution in [2.24, 2.45) is 5.92 Å². The highest BCUT2D eigenvalue weighted by Crippen LogP contribution is 2.23. The second-order valence-corrected chi connectivity index (χ2v) is 5.95. The summed E-state index contributed by atoms with van der Waals surface area (Å²) in [6.45, 7) is 9.50. The molecule has 0 aromatic carbocycles. The summed E-state index contributed by atoms with van der Waals surface area (Å²) in [4.78, 5) is 14.4. The summed E-state index contributed by atoms with van der Waals surface area (Å²) < 4.78 is 5.83. The molecule has 1 N–H and O–H groups in total. The number of halogens is 1. The Morgan fingerprint density at radius 1 is 1.44 bits per heavy atom. The van der Waals surface area contributed by atoms with Crippen LogP contribution in [0.5, 0.6) is 0 Å². The molecule has 2 unspecified atom stereocenters. The quantitative estimate of drug-likeness (QED) is 0.788. The van der Waals surface area contributed by atoms with E-state index < -0.39 is 0 Å². The summed E-state index contributed by atoms with van der Waals surface area (Å²) >= 11 is 0. The maximum absolute atomic E-state index is 12.4. The molecule has 18 heavy (non-hydrogen) atoms. The van der Waals surface area contributed by atoms with Crippen LogP contribution >= 0.6 is 12.4 Å². The third-order valence-corrected chi connectivity index (χ3v) is 3.53. The first kappa shape index (κ1) is 15.7. The van der Waals surface area contributed by atoms with Gasteiger partial charge >= 0.3 is 0 Å². The topological polar surface area (TPSA) is 41.6 Å². The summed E-state index contributed by atoms with van der Waals surface area (Å²) in [6, 6.07) is 0. The zero-order chi connectivity index (χ0) is 12.5. The Bertz CT molecular complexity index is 291. The second kappa shape index (κ2) is 6.22. The third-order valence-electron chi connectivity index (χ3n) is 3.53. The van der Waals surface area contributed by atoms with Crippen molar-refractivity contribution in [3.05, 3.63) is 0 Å². The van der Waals surface area contributed by atoms with Crippen LogP contribution in [-0.4, -0.2) is 48.7 Å². The number of carbonyl (C=O) groups excluding carboxylic acids is 1. The van der Waals surface area contributed by atoms with Gasteiger partial charge in [0.15, 0.2) is 0 Å².